The Labute approximate surface area is 169 Å². The van der Waals surface area contributed by atoms with Gasteiger partial charge in [0.2, 0.25) is 0 Å². The highest BCUT2D eigenvalue weighted by Crippen LogP contribution is 2.31. The van der Waals surface area contributed by atoms with Crippen molar-refractivity contribution in [2.24, 2.45) is 0 Å². The molecule has 26 heavy (non-hydrogen) atoms. The maximum Gasteiger partial charge on any atom is 0.257 e. The third-order valence-corrected chi connectivity index (χ3v) is 5.05. The topological polar surface area (TPSA) is 38.3 Å². The van der Waals surface area contributed by atoms with E-state index in [1.54, 1.807) is 0 Å². The molecule has 0 atom stereocenters. The van der Waals surface area contributed by atoms with Gasteiger partial charge in [-0.2, -0.15) is 0 Å². The molecule has 1 amide bonds. The van der Waals surface area contributed by atoms with Gasteiger partial charge in [0.05, 0.1) is 4.47 Å². The molecule has 0 saturated heterocycles. The van der Waals surface area contributed by atoms with Gasteiger partial charge in [0, 0.05) is 11.6 Å². The minimum atomic E-state index is -0.129. The molecule has 0 spiro atoms. The largest absolute Gasteiger partial charge is 0.483 e. The molecule has 1 N–H and O–H groups in total. The molecule has 0 heterocycles. The van der Waals surface area contributed by atoms with Crippen molar-refractivity contribution in [1.82, 2.24) is 5.32 Å². The van der Waals surface area contributed by atoms with E-state index in [1.807, 2.05) is 42.5 Å². The molecule has 140 valence electrons. The van der Waals surface area contributed by atoms with E-state index in [1.165, 1.54) is 5.56 Å². The van der Waals surface area contributed by atoms with Crippen LogP contribution in [-0.2, 0) is 16.6 Å². The summed E-state index contributed by atoms with van der Waals surface area (Å²) in [5, 5.41) is 3.64. The smallest absolute Gasteiger partial charge is 0.257 e. The molecule has 2 aromatic rings. The predicted molar refractivity (Wildman–Crippen MR) is 111 cm³/mol. The molecular weight excluding hydrogens is 414 g/mol. The number of amides is 1. The number of benzene rings is 2. The van der Waals surface area contributed by atoms with E-state index in [0.717, 1.165) is 27.9 Å². The molecule has 0 aliphatic heterocycles. The van der Waals surface area contributed by atoms with E-state index >= 15 is 0 Å². The number of ether oxygens (including phenoxy) is 1. The van der Waals surface area contributed by atoms with E-state index in [9.17, 15) is 4.79 Å². The van der Waals surface area contributed by atoms with Crippen LogP contribution < -0.4 is 10.1 Å². The SMILES string of the molecule is CC(C)(C)c1ccc(OCC(=O)NCCCc2ccccc2Cl)c(Br)c1. The van der Waals surface area contributed by atoms with Crippen LogP contribution in [0.5, 0.6) is 5.75 Å². The summed E-state index contributed by atoms with van der Waals surface area (Å²) in [6.45, 7) is 7.07. The minimum Gasteiger partial charge on any atom is -0.483 e. The first kappa shape index (κ1) is 20.8. The van der Waals surface area contributed by atoms with Crippen molar-refractivity contribution in [3.8, 4) is 5.75 Å². The van der Waals surface area contributed by atoms with Crippen molar-refractivity contribution in [1.29, 1.82) is 0 Å². The molecule has 5 heteroatoms. The Kier molecular flexibility index (Phi) is 7.54. The van der Waals surface area contributed by atoms with E-state index in [2.05, 4.69) is 42.0 Å². The third kappa shape index (κ3) is 6.33. The Balaban J connectivity index is 1.74. The van der Waals surface area contributed by atoms with Crippen LogP contribution >= 0.6 is 27.5 Å². The summed E-state index contributed by atoms with van der Waals surface area (Å²) in [4.78, 5) is 12.0. The van der Waals surface area contributed by atoms with Crippen molar-refractivity contribution >= 4 is 33.4 Å². The highest BCUT2D eigenvalue weighted by Gasteiger charge is 2.15. The van der Waals surface area contributed by atoms with Gasteiger partial charge in [0.25, 0.3) is 5.91 Å². The molecule has 3 nitrogen and oxygen atoms in total. The number of nitrogens with one attached hydrogen (secondary N) is 1. The minimum absolute atomic E-state index is 0.000439. The van der Waals surface area contributed by atoms with Crippen LogP contribution in [-0.4, -0.2) is 19.1 Å². The number of hydrogen-bond acceptors (Lipinski definition) is 2. The lowest BCUT2D eigenvalue weighted by Gasteiger charge is -2.20. The first-order chi connectivity index (χ1) is 12.3. The number of halogens is 2. The molecule has 0 saturated carbocycles. The molecule has 0 bridgehead atoms. The number of carbonyl (C=O) groups excluding carboxylic acids is 1. The third-order valence-electron chi connectivity index (χ3n) is 4.06. The Morgan fingerprint density at radius 1 is 1.19 bits per heavy atom. The van der Waals surface area contributed by atoms with E-state index in [-0.39, 0.29) is 17.9 Å². The average molecular weight is 439 g/mol. The number of aryl methyl sites for hydroxylation is 1. The first-order valence-electron chi connectivity index (χ1n) is 8.70. The quantitative estimate of drug-likeness (QED) is 0.577. The Hall–Kier alpha value is -1.52. The zero-order chi connectivity index (χ0) is 19.2. The summed E-state index contributed by atoms with van der Waals surface area (Å²) in [5.41, 5.74) is 2.38. The van der Waals surface area contributed by atoms with E-state index in [0.29, 0.717) is 12.3 Å². The average Bonchev–Trinajstić information content (AvgIpc) is 2.58. The van der Waals surface area contributed by atoms with Crippen LogP contribution in [0.2, 0.25) is 5.02 Å². The van der Waals surface area contributed by atoms with Gasteiger partial charge in [-0.05, 0) is 63.5 Å². The maximum absolute atomic E-state index is 12.0. The van der Waals surface area contributed by atoms with Crippen molar-refractivity contribution < 1.29 is 9.53 Å². The number of carbonyl (C=O) groups is 1. The van der Waals surface area contributed by atoms with Crippen LogP contribution in [0.1, 0.15) is 38.3 Å². The van der Waals surface area contributed by atoms with Crippen molar-refractivity contribution in [2.75, 3.05) is 13.2 Å². The second-order valence-corrected chi connectivity index (χ2v) is 8.49. The zero-order valence-corrected chi connectivity index (χ0v) is 17.8. The summed E-state index contributed by atoms with van der Waals surface area (Å²) >= 11 is 9.64. The summed E-state index contributed by atoms with van der Waals surface area (Å²) in [7, 11) is 0. The van der Waals surface area contributed by atoms with Gasteiger partial charge in [0.15, 0.2) is 6.61 Å². The molecule has 0 aliphatic carbocycles. The lowest BCUT2D eigenvalue weighted by Crippen LogP contribution is -2.30. The van der Waals surface area contributed by atoms with Gasteiger partial charge in [-0.1, -0.05) is 56.6 Å². The van der Waals surface area contributed by atoms with Crippen molar-refractivity contribution in [3.05, 3.63) is 63.1 Å². The lowest BCUT2D eigenvalue weighted by atomic mass is 9.87. The number of rotatable bonds is 7. The maximum atomic E-state index is 12.0. The fraction of sp³-hybridized carbons (Fsp3) is 0.381. The van der Waals surface area contributed by atoms with Gasteiger partial charge < -0.3 is 10.1 Å². The van der Waals surface area contributed by atoms with Gasteiger partial charge in [-0.3, -0.25) is 4.79 Å². The highest BCUT2D eigenvalue weighted by atomic mass is 79.9. The van der Waals surface area contributed by atoms with E-state index < -0.39 is 0 Å². The fourth-order valence-electron chi connectivity index (χ4n) is 2.49. The standard InChI is InChI=1S/C21H25BrClNO2/c1-21(2,3)16-10-11-19(17(22)13-16)26-14-20(25)24-12-6-8-15-7-4-5-9-18(15)23/h4-5,7,9-11,13H,6,8,12,14H2,1-3H3,(H,24,25). The summed E-state index contributed by atoms with van der Waals surface area (Å²) in [5.74, 6) is 0.542. The molecule has 0 fully saturated rings. The Morgan fingerprint density at radius 2 is 1.92 bits per heavy atom. The zero-order valence-electron chi connectivity index (χ0n) is 15.4. The molecule has 2 aromatic carbocycles. The summed E-state index contributed by atoms with van der Waals surface area (Å²) < 4.78 is 6.48. The Morgan fingerprint density at radius 3 is 2.58 bits per heavy atom. The van der Waals surface area contributed by atoms with Crippen molar-refractivity contribution in [2.45, 2.75) is 39.0 Å². The fourth-order valence-corrected chi connectivity index (χ4v) is 3.21. The van der Waals surface area contributed by atoms with Crippen LogP contribution in [0.4, 0.5) is 0 Å². The van der Waals surface area contributed by atoms with Crippen LogP contribution in [0.15, 0.2) is 46.9 Å². The first-order valence-corrected chi connectivity index (χ1v) is 9.87. The molecule has 0 aliphatic rings. The highest BCUT2D eigenvalue weighted by molar-refractivity contribution is 9.10. The van der Waals surface area contributed by atoms with Crippen LogP contribution in [0.25, 0.3) is 0 Å². The van der Waals surface area contributed by atoms with Crippen LogP contribution in [0, 0.1) is 0 Å². The monoisotopic (exact) mass is 437 g/mol. The lowest BCUT2D eigenvalue weighted by molar-refractivity contribution is -0.123. The van der Waals surface area contributed by atoms with Gasteiger partial charge in [-0.25, -0.2) is 0 Å². The van der Waals surface area contributed by atoms with Crippen LogP contribution in [0.3, 0.4) is 0 Å². The normalized spacial score (nSPS) is 11.3. The summed E-state index contributed by atoms with van der Waals surface area (Å²) in [6, 6.07) is 13.7. The number of hydrogen-bond donors (Lipinski definition) is 1. The second kappa shape index (κ2) is 9.43. The van der Waals surface area contributed by atoms with E-state index in [4.69, 9.17) is 16.3 Å². The second-order valence-electron chi connectivity index (χ2n) is 7.23. The molecular formula is C21H25BrClNO2. The molecule has 0 unspecified atom stereocenters. The van der Waals surface area contributed by atoms with Gasteiger partial charge in [-0.15, -0.1) is 0 Å². The Bertz CT molecular complexity index is 756. The molecule has 2 rings (SSSR count). The predicted octanol–water partition coefficient (Wildman–Crippen LogP) is 5.53. The summed E-state index contributed by atoms with van der Waals surface area (Å²) in [6.07, 6.45) is 1.67. The molecule has 0 radical (unpaired) electrons. The van der Waals surface area contributed by atoms with Crippen molar-refractivity contribution in [3.63, 3.8) is 0 Å². The molecule has 0 aromatic heterocycles. The van der Waals surface area contributed by atoms with Gasteiger partial charge in [0.1, 0.15) is 5.75 Å². The van der Waals surface area contributed by atoms with Gasteiger partial charge >= 0.3 is 0 Å².